The van der Waals surface area contributed by atoms with E-state index in [0.29, 0.717) is 18.1 Å². The number of hydrogen-bond donors (Lipinski definition) is 2. The van der Waals surface area contributed by atoms with Crippen molar-refractivity contribution in [2.24, 2.45) is 0 Å². The summed E-state index contributed by atoms with van der Waals surface area (Å²) in [5.41, 5.74) is 1.80. The molecule has 2 aromatic carbocycles. The molecule has 0 saturated carbocycles. The van der Waals surface area contributed by atoms with Crippen LogP contribution in [-0.4, -0.2) is 42.7 Å². The smallest absolute Gasteiger partial charge is 0.310 e. The standard InChI is InChI=1S/C21H20N2O5/c24-20(23-11-15-12-26-18-7-3-4-8-19(18)28-15)13-27-21(25)9-14-10-22-17-6-2-1-5-16(14)17/h1-8,10,15,22H,9,11-13H2,(H,23,24). The molecule has 0 radical (unpaired) electrons. The first-order chi connectivity index (χ1) is 13.7. The van der Waals surface area contributed by atoms with Crippen molar-refractivity contribution < 1.29 is 23.8 Å². The number of aromatic amines is 1. The van der Waals surface area contributed by atoms with Gasteiger partial charge in [0.25, 0.3) is 5.91 Å². The fourth-order valence-electron chi connectivity index (χ4n) is 3.07. The number of aromatic nitrogens is 1. The van der Waals surface area contributed by atoms with Gasteiger partial charge in [-0.05, 0) is 23.8 Å². The van der Waals surface area contributed by atoms with E-state index in [0.717, 1.165) is 16.5 Å². The highest BCUT2D eigenvalue weighted by Gasteiger charge is 2.21. The molecular formula is C21H20N2O5. The molecule has 0 aliphatic carbocycles. The van der Waals surface area contributed by atoms with E-state index in [1.54, 1.807) is 6.20 Å². The second-order valence-corrected chi connectivity index (χ2v) is 6.50. The Labute approximate surface area is 161 Å². The number of benzene rings is 2. The molecule has 4 rings (SSSR count). The van der Waals surface area contributed by atoms with Crippen molar-refractivity contribution in [1.82, 2.24) is 10.3 Å². The lowest BCUT2D eigenvalue weighted by molar-refractivity contribution is -0.148. The first-order valence-electron chi connectivity index (χ1n) is 9.05. The van der Waals surface area contributed by atoms with Crippen molar-refractivity contribution in [3.63, 3.8) is 0 Å². The zero-order valence-electron chi connectivity index (χ0n) is 15.1. The minimum Gasteiger partial charge on any atom is -0.486 e. The molecule has 7 heteroatoms. The van der Waals surface area contributed by atoms with Gasteiger partial charge in [0.05, 0.1) is 13.0 Å². The lowest BCUT2D eigenvalue weighted by Gasteiger charge is -2.26. The van der Waals surface area contributed by atoms with Crippen LogP contribution < -0.4 is 14.8 Å². The van der Waals surface area contributed by atoms with Gasteiger partial charge in [0.1, 0.15) is 12.7 Å². The normalized spacial score (nSPS) is 15.2. The Balaban J connectivity index is 1.21. The van der Waals surface area contributed by atoms with Gasteiger partial charge in [0, 0.05) is 17.1 Å². The molecule has 2 heterocycles. The molecule has 1 unspecified atom stereocenters. The monoisotopic (exact) mass is 380 g/mol. The molecule has 0 fully saturated rings. The Kier molecular flexibility index (Phi) is 5.14. The number of para-hydroxylation sites is 3. The summed E-state index contributed by atoms with van der Waals surface area (Å²) in [6.07, 6.45) is 1.60. The Morgan fingerprint density at radius 1 is 1.11 bits per heavy atom. The number of amides is 1. The van der Waals surface area contributed by atoms with Gasteiger partial charge >= 0.3 is 5.97 Å². The predicted molar refractivity (Wildman–Crippen MR) is 102 cm³/mol. The Morgan fingerprint density at radius 2 is 1.89 bits per heavy atom. The summed E-state index contributed by atoms with van der Waals surface area (Å²) in [6, 6.07) is 15.1. The maximum Gasteiger partial charge on any atom is 0.310 e. The molecule has 1 atom stereocenters. The van der Waals surface area contributed by atoms with Crippen LogP contribution in [0.4, 0.5) is 0 Å². The Hall–Kier alpha value is -3.48. The van der Waals surface area contributed by atoms with Crippen LogP contribution in [0.2, 0.25) is 0 Å². The molecule has 0 spiro atoms. The van der Waals surface area contributed by atoms with Gasteiger partial charge in [-0.2, -0.15) is 0 Å². The quantitative estimate of drug-likeness (QED) is 0.640. The molecule has 1 amide bonds. The number of hydrogen-bond acceptors (Lipinski definition) is 5. The summed E-state index contributed by atoms with van der Waals surface area (Å²) in [6.45, 7) is 0.288. The van der Waals surface area contributed by atoms with Crippen LogP contribution in [-0.2, 0) is 20.7 Å². The zero-order valence-corrected chi connectivity index (χ0v) is 15.1. The van der Waals surface area contributed by atoms with Gasteiger partial charge in [-0.25, -0.2) is 0 Å². The van der Waals surface area contributed by atoms with Crippen LogP contribution in [0.25, 0.3) is 10.9 Å². The topological polar surface area (TPSA) is 89.7 Å². The van der Waals surface area contributed by atoms with Gasteiger partial charge < -0.3 is 24.5 Å². The van der Waals surface area contributed by atoms with E-state index in [-0.39, 0.29) is 31.6 Å². The fraction of sp³-hybridized carbons (Fsp3) is 0.238. The number of carbonyl (C=O) groups excluding carboxylic acids is 2. The van der Waals surface area contributed by atoms with Crippen molar-refractivity contribution in [3.8, 4) is 11.5 Å². The Morgan fingerprint density at radius 3 is 2.79 bits per heavy atom. The van der Waals surface area contributed by atoms with Crippen molar-refractivity contribution in [1.29, 1.82) is 0 Å². The lowest BCUT2D eigenvalue weighted by atomic mass is 10.1. The fourth-order valence-corrected chi connectivity index (χ4v) is 3.07. The summed E-state index contributed by atoms with van der Waals surface area (Å²) in [5.74, 6) is 0.509. The minimum absolute atomic E-state index is 0.105. The van der Waals surface area contributed by atoms with Crippen molar-refractivity contribution >= 4 is 22.8 Å². The summed E-state index contributed by atoms with van der Waals surface area (Å²) in [4.78, 5) is 27.1. The summed E-state index contributed by atoms with van der Waals surface area (Å²) >= 11 is 0. The van der Waals surface area contributed by atoms with Crippen LogP contribution >= 0.6 is 0 Å². The van der Waals surface area contributed by atoms with E-state index in [4.69, 9.17) is 14.2 Å². The highest BCUT2D eigenvalue weighted by molar-refractivity contribution is 5.88. The number of H-pyrrole nitrogens is 1. The first kappa shape index (κ1) is 17.9. The van der Waals surface area contributed by atoms with Gasteiger partial charge in [-0.15, -0.1) is 0 Å². The molecule has 144 valence electrons. The maximum absolute atomic E-state index is 12.0. The Bertz CT molecular complexity index is 997. The number of nitrogens with one attached hydrogen (secondary N) is 2. The SMILES string of the molecule is O=C(COC(=O)Cc1c[nH]c2ccccc12)NCC1COc2ccccc2O1. The number of ether oxygens (including phenoxy) is 3. The molecule has 1 aromatic heterocycles. The van der Waals surface area contributed by atoms with Crippen molar-refractivity contribution in [2.75, 3.05) is 19.8 Å². The van der Waals surface area contributed by atoms with Crippen LogP contribution in [0.5, 0.6) is 11.5 Å². The van der Waals surface area contributed by atoms with Gasteiger partial charge in [-0.1, -0.05) is 30.3 Å². The van der Waals surface area contributed by atoms with Crippen LogP contribution in [0.15, 0.2) is 54.7 Å². The van der Waals surface area contributed by atoms with E-state index in [2.05, 4.69) is 10.3 Å². The molecule has 0 saturated heterocycles. The lowest BCUT2D eigenvalue weighted by Crippen LogP contribution is -2.42. The molecule has 1 aliphatic rings. The zero-order chi connectivity index (χ0) is 19.3. The van der Waals surface area contributed by atoms with Gasteiger partial charge in [0.15, 0.2) is 18.1 Å². The second kappa shape index (κ2) is 8.04. The second-order valence-electron chi connectivity index (χ2n) is 6.50. The van der Waals surface area contributed by atoms with Crippen LogP contribution in [0, 0.1) is 0 Å². The summed E-state index contributed by atoms with van der Waals surface area (Å²) in [5, 5.41) is 3.67. The van der Waals surface area contributed by atoms with E-state index in [1.807, 2.05) is 48.5 Å². The average molecular weight is 380 g/mol. The third-order valence-electron chi connectivity index (χ3n) is 4.47. The molecule has 28 heavy (non-hydrogen) atoms. The highest BCUT2D eigenvalue weighted by atomic mass is 16.6. The van der Waals surface area contributed by atoms with Crippen molar-refractivity contribution in [2.45, 2.75) is 12.5 Å². The summed E-state index contributed by atoms with van der Waals surface area (Å²) in [7, 11) is 0. The van der Waals surface area contributed by atoms with Gasteiger partial charge in [0.2, 0.25) is 0 Å². The van der Waals surface area contributed by atoms with Gasteiger partial charge in [-0.3, -0.25) is 9.59 Å². The predicted octanol–water partition coefficient (Wildman–Crippen LogP) is 2.21. The largest absolute Gasteiger partial charge is 0.486 e. The molecule has 2 N–H and O–H groups in total. The molecule has 3 aromatic rings. The van der Waals surface area contributed by atoms with E-state index in [9.17, 15) is 9.59 Å². The average Bonchev–Trinajstić information content (AvgIpc) is 3.13. The van der Waals surface area contributed by atoms with Crippen LogP contribution in [0.3, 0.4) is 0 Å². The minimum atomic E-state index is -0.453. The molecular weight excluding hydrogens is 360 g/mol. The molecule has 1 aliphatic heterocycles. The number of rotatable bonds is 6. The highest BCUT2D eigenvalue weighted by Crippen LogP contribution is 2.30. The van der Waals surface area contributed by atoms with Crippen LogP contribution in [0.1, 0.15) is 5.56 Å². The molecule has 7 nitrogen and oxygen atoms in total. The number of esters is 1. The van der Waals surface area contributed by atoms with E-state index >= 15 is 0 Å². The summed E-state index contributed by atoms with van der Waals surface area (Å²) < 4.78 is 16.4. The number of fused-ring (bicyclic) bond motifs is 2. The van der Waals surface area contributed by atoms with E-state index in [1.165, 1.54) is 0 Å². The first-order valence-corrected chi connectivity index (χ1v) is 9.05. The third-order valence-corrected chi connectivity index (χ3v) is 4.47. The van der Waals surface area contributed by atoms with Crippen molar-refractivity contribution in [3.05, 3.63) is 60.3 Å². The van der Waals surface area contributed by atoms with E-state index < -0.39 is 5.97 Å². The number of carbonyl (C=O) groups is 2. The third kappa shape index (κ3) is 4.09. The maximum atomic E-state index is 12.0. The molecule has 0 bridgehead atoms.